The molecule has 0 atom stereocenters. The Bertz CT molecular complexity index is 271. The molecule has 0 amide bonds. The molecule has 0 aliphatic carbocycles. The van der Waals surface area contributed by atoms with Crippen LogP contribution in [0.3, 0.4) is 0 Å². The van der Waals surface area contributed by atoms with Crippen LogP contribution in [0.5, 0.6) is 0 Å². The lowest BCUT2D eigenvalue weighted by atomic mass is 10.2. The van der Waals surface area contributed by atoms with E-state index in [1.807, 2.05) is 25.3 Å². The molecule has 0 radical (unpaired) electrons. The van der Waals surface area contributed by atoms with Gasteiger partial charge in [-0.3, -0.25) is 4.98 Å². The molecule has 2 heterocycles. The zero-order chi connectivity index (χ0) is 8.39. The lowest BCUT2D eigenvalue weighted by Gasteiger charge is -2.27. The second-order valence-electron chi connectivity index (χ2n) is 3.06. The topological polar surface area (TPSA) is 34.1 Å². The van der Waals surface area contributed by atoms with Crippen LogP contribution in [0.25, 0.3) is 0 Å². The molecule has 1 fully saturated rings. The molecular weight excluding hydrogens is 152 g/mol. The van der Waals surface area contributed by atoms with Gasteiger partial charge in [-0.2, -0.15) is 0 Å². The second kappa shape index (κ2) is 3.11. The lowest BCUT2D eigenvalue weighted by Crippen LogP contribution is -2.40. The molecule has 0 unspecified atom stereocenters. The second-order valence-corrected chi connectivity index (χ2v) is 3.06. The number of nitrogens with zero attached hydrogens (tertiary/aromatic N) is 1. The molecule has 64 valence electrons. The minimum absolute atomic E-state index is 0.492. The minimum atomic E-state index is 0.492. The molecule has 0 aromatic carbocycles. The van der Waals surface area contributed by atoms with Gasteiger partial charge in [-0.1, -0.05) is 0 Å². The van der Waals surface area contributed by atoms with Crippen LogP contribution in [-0.2, 0) is 4.74 Å². The minimum Gasteiger partial charge on any atom is -0.378 e. The first-order valence-electron chi connectivity index (χ1n) is 4.11. The van der Waals surface area contributed by atoms with E-state index in [1.54, 1.807) is 0 Å². The third-order valence-corrected chi connectivity index (χ3v) is 1.91. The summed E-state index contributed by atoms with van der Waals surface area (Å²) in [4.78, 5) is 4.12. The average Bonchev–Trinajstić information content (AvgIpc) is 1.97. The van der Waals surface area contributed by atoms with Crippen molar-refractivity contribution in [3.63, 3.8) is 0 Å². The molecular formula is C9H12N2O. The molecule has 2 rings (SSSR count). The van der Waals surface area contributed by atoms with Gasteiger partial charge in [0.15, 0.2) is 0 Å². The van der Waals surface area contributed by atoms with Crippen LogP contribution in [0, 0.1) is 6.92 Å². The number of pyridine rings is 1. The van der Waals surface area contributed by atoms with E-state index in [9.17, 15) is 0 Å². The van der Waals surface area contributed by atoms with Crippen LogP contribution in [0.15, 0.2) is 18.3 Å². The van der Waals surface area contributed by atoms with Crippen LogP contribution in [0.4, 0.5) is 5.69 Å². The van der Waals surface area contributed by atoms with E-state index >= 15 is 0 Å². The Kier molecular flexibility index (Phi) is 1.96. The zero-order valence-corrected chi connectivity index (χ0v) is 7.08. The summed E-state index contributed by atoms with van der Waals surface area (Å²) >= 11 is 0. The average molecular weight is 164 g/mol. The van der Waals surface area contributed by atoms with E-state index in [0.29, 0.717) is 6.04 Å². The van der Waals surface area contributed by atoms with Crippen molar-refractivity contribution in [2.24, 2.45) is 0 Å². The van der Waals surface area contributed by atoms with Gasteiger partial charge < -0.3 is 10.1 Å². The molecule has 1 aromatic rings. The molecule has 1 N–H and O–H groups in total. The third-order valence-electron chi connectivity index (χ3n) is 1.91. The Balaban J connectivity index is 2.02. The fraction of sp³-hybridized carbons (Fsp3) is 0.444. The van der Waals surface area contributed by atoms with Gasteiger partial charge in [0.25, 0.3) is 0 Å². The Morgan fingerprint density at radius 1 is 1.58 bits per heavy atom. The van der Waals surface area contributed by atoms with Crippen LogP contribution in [0.2, 0.25) is 0 Å². The van der Waals surface area contributed by atoms with Crippen molar-refractivity contribution in [3.05, 3.63) is 24.0 Å². The van der Waals surface area contributed by atoms with E-state index in [1.165, 1.54) is 0 Å². The number of rotatable bonds is 2. The van der Waals surface area contributed by atoms with Crippen LogP contribution < -0.4 is 5.32 Å². The summed E-state index contributed by atoms with van der Waals surface area (Å²) in [5.41, 5.74) is 2.18. The molecule has 1 aliphatic heterocycles. The van der Waals surface area contributed by atoms with Crippen molar-refractivity contribution in [1.82, 2.24) is 4.98 Å². The highest BCUT2D eigenvalue weighted by Crippen LogP contribution is 2.12. The van der Waals surface area contributed by atoms with Crippen LogP contribution in [-0.4, -0.2) is 24.2 Å². The van der Waals surface area contributed by atoms with Gasteiger partial charge in [-0.15, -0.1) is 0 Å². The number of nitrogens with one attached hydrogen (secondary N) is 1. The SMILES string of the molecule is Cc1cc(NC2COC2)ccn1. The quantitative estimate of drug-likeness (QED) is 0.713. The Morgan fingerprint density at radius 2 is 2.42 bits per heavy atom. The van der Waals surface area contributed by atoms with Crippen molar-refractivity contribution >= 4 is 5.69 Å². The van der Waals surface area contributed by atoms with Gasteiger partial charge in [0.1, 0.15) is 0 Å². The molecule has 1 aliphatic rings. The van der Waals surface area contributed by atoms with Crippen molar-refractivity contribution < 1.29 is 4.74 Å². The largest absolute Gasteiger partial charge is 0.378 e. The lowest BCUT2D eigenvalue weighted by molar-refractivity contribution is 0.0211. The van der Waals surface area contributed by atoms with Gasteiger partial charge in [0.2, 0.25) is 0 Å². The van der Waals surface area contributed by atoms with E-state index in [4.69, 9.17) is 4.74 Å². The van der Waals surface area contributed by atoms with Crippen LogP contribution in [0.1, 0.15) is 5.69 Å². The highest BCUT2D eigenvalue weighted by atomic mass is 16.5. The number of aryl methyl sites for hydroxylation is 1. The van der Waals surface area contributed by atoms with Crippen LogP contribution >= 0.6 is 0 Å². The first-order chi connectivity index (χ1) is 5.84. The Hall–Kier alpha value is -1.09. The van der Waals surface area contributed by atoms with Crippen molar-refractivity contribution in [3.8, 4) is 0 Å². The van der Waals surface area contributed by atoms with E-state index < -0.39 is 0 Å². The van der Waals surface area contributed by atoms with Gasteiger partial charge in [-0.25, -0.2) is 0 Å². The fourth-order valence-electron chi connectivity index (χ4n) is 1.19. The third kappa shape index (κ3) is 1.56. The van der Waals surface area contributed by atoms with Gasteiger partial charge in [-0.05, 0) is 19.1 Å². The molecule has 12 heavy (non-hydrogen) atoms. The van der Waals surface area contributed by atoms with Gasteiger partial charge in [0, 0.05) is 17.6 Å². The van der Waals surface area contributed by atoms with E-state index in [-0.39, 0.29) is 0 Å². The van der Waals surface area contributed by atoms with E-state index in [2.05, 4.69) is 10.3 Å². The Morgan fingerprint density at radius 3 is 3.00 bits per heavy atom. The van der Waals surface area contributed by atoms with E-state index in [0.717, 1.165) is 24.6 Å². The van der Waals surface area contributed by atoms with Crippen molar-refractivity contribution in [2.75, 3.05) is 18.5 Å². The van der Waals surface area contributed by atoms with Crippen molar-refractivity contribution in [1.29, 1.82) is 0 Å². The first kappa shape index (κ1) is 7.55. The van der Waals surface area contributed by atoms with Crippen molar-refractivity contribution in [2.45, 2.75) is 13.0 Å². The number of aromatic nitrogens is 1. The molecule has 1 saturated heterocycles. The molecule has 3 heteroatoms. The Labute approximate surface area is 71.8 Å². The maximum atomic E-state index is 5.06. The number of hydrogen-bond donors (Lipinski definition) is 1. The summed E-state index contributed by atoms with van der Waals surface area (Å²) in [5.74, 6) is 0. The fourth-order valence-corrected chi connectivity index (χ4v) is 1.19. The zero-order valence-electron chi connectivity index (χ0n) is 7.08. The maximum Gasteiger partial charge on any atom is 0.0728 e. The molecule has 3 nitrogen and oxygen atoms in total. The highest BCUT2D eigenvalue weighted by Gasteiger charge is 2.17. The number of anilines is 1. The summed E-state index contributed by atoms with van der Waals surface area (Å²) in [6, 6.07) is 4.51. The normalized spacial score (nSPS) is 17.1. The summed E-state index contributed by atoms with van der Waals surface area (Å²) in [6.07, 6.45) is 1.82. The first-order valence-corrected chi connectivity index (χ1v) is 4.11. The molecule has 0 spiro atoms. The summed E-state index contributed by atoms with van der Waals surface area (Å²) in [7, 11) is 0. The molecule has 1 aromatic heterocycles. The standard InChI is InChI=1S/C9H12N2O/c1-7-4-8(2-3-10-7)11-9-5-12-6-9/h2-4,9H,5-6H2,1H3,(H,10,11). The predicted molar refractivity (Wildman–Crippen MR) is 47.2 cm³/mol. The maximum absolute atomic E-state index is 5.06. The van der Waals surface area contributed by atoms with Gasteiger partial charge >= 0.3 is 0 Å². The molecule has 0 saturated carbocycles. The number of ether oxygens (including phenoxy) is 1. The highest BCUT2D eigenvalue weighted by molar-refractivity contribution is 5.44. The van der Waals surface area contributed by atoms with Gasteiger partial charge in [0.05, 0.1) is 19.3 Å². The summed E-state index contributed by atoms with van der Waals surface area (Å²) < 4.78 is 5.06. The monoisotopic (exact) mass is 164 g/mol. The predicted octanol–water partition coefficient (Wildman–Crippen LogP) is 1.20. The summed E-state index contributed by atoms with van der Waals surface area (Å²) in [6.45, 7) is 3.63. The number of hydrogen-bond acceptors (Lipinski definition) is 3. The molecule has 0 bridgehead atoms. The summed E-state index contributed by atoms with van der Waals surface area (Å²) in [5, 5.41) is 3.35. The smallest absolute Gasteiger partial charge is 0.0728 e.